The Morgan fingerprint density at radius 3 is 2.84 bits per heavy atom. The summed E-state index contributed by atoms with van der Waals surface area (Å²) in [6, 6.07) is 9.64. The highest BCUT2D eigenvalue weighted by atomic mass is 35.5. The lowest BCUT2D eigenvalue weighted by Crippen LogP contribution is -2.23. The number of pyridine rings is 1. The van der Waals surface area contributed by atoms with Crippen molar-refractivity contribution < 1.29 is 9.47 Å². The highest BCUT2D eigenvalue weighted by Crippen LogP contribution is 2.29. The number of aromatic nitrogens is 6. The Hall–Kier alpha value is -3.49. The van der Waals surface area contributed by atoms with Gasteiger partial charge in [-0.1, -0.05) is 29.8 Å². The van der Waals surface area contributed by atoms with Crippen LogP contribution in [0.1, 0.15) is 34.6 Å². The zero-order valence-corrected chi connectivity index (χ0v) is 18.4. The molecular formula is C23H21ClN6O2. The van der Waals surface area contributed by atoms with E-state index in [1.165, 1.54) is 0 Å². The zero-order chi connectivity index (χ0) is 22.1. The number of aryl methyl sites for hydroxylation is 1. The molecule has 0 N–H and O–H groups in total. The van der Waals surface area contributed by atoms with E-state index >= 15 is 0 Å². The highest BCUT2D eigenvalue weighted by Gasteiger charge is 2.26. The van der Waals surface area contributed by atoms with Gasteiger partial charge in [-0.25, -0.2) is 19.6 Å². The first-order valence-corrected chi connectivity index (χ1v) is 10.5. The van der Waals surface area contributed by atoms with Crippen LogP contribution in [0.4, 0.5) is 0 Å². The molecule has 9 heteroatoms. The third-order valence-corrected chi connectivity index (χ3v) is 5.43. The second kappa shape index (κ2) is 8.57. The van der Waals surface area contributed by atoms with Crippen LogP contribution in [-0.2, 0) is 11.3 Å². The second-order valence-corrected chi connectivity index (χ2v) is 7.79. The van der Waals surface area contributed by atoms with Crippen LogP contribution in [0.2, 0.25) is 5.15 Å². The van der Waals surface area contributed by atoms with Crippen molar-refractivity contribution in [3.8, 4) is 11.4 Å². The number of hydrogen-bond acceptors (Lipinski definition) is 6. The molecule has 32 heavy (non-hydrogen) atoms. The third kappa shape index (κ3) is 4.02. The molecule has 0 bridgehead atoms. The zero-order valence-electron chi connectivity index (χ0n) is 17.6. The summed E-state index contributed by atoms with van der Waals surface area (Å²) in [7, 11) is 1.66. The number of hydrogen-bond donors (Lipinski definition) is 0. The molecule has 0 radical (unpaired) electrons. The van der Waals surface area contributed by atoms with Gasteiger partial charge in [0.25, 0.3) is 0 Å². The molecule has 1 aromatic carbocycles. The van der Waals surface area contributed by atoms with Gasteiger partial charge in [0.05, 0.1) is 38.0 Å². The average Bonchev–Trinajstić information content (AvgIpc) is 3.43. The van der Waals surface area contributed by atoms with E-state index in [4.69, 9.17) is 26.1 Å². The Kier molecular flexibility index (Phi) is 5.46. The molecule has 0 amide bonds. The predicted molar refractivity (Wildman–Crippen MR) is 121 cm³/mol. The number of fused-ring (bicyclic) bond motifs is 1. The predicted octanol–water partition coefficient (Wildman–Crippen LogP) is 4.12. The third-order valence-electron chi connectivity index (χ3n) is 5.21. The summed E-state index contributed by atoms with van der Waals surface area (Å²) in [5.41, 5.74) is 3.75. The number of halogens is 1. The Labute approximate surface area is 190 Å². The topological polar surface area (TPSA) is 79.9 Å². The van der Waals surface area contributed by atoms with Crippen molar-refractivity contribution in [2.75, 3.05) is 13.7 Å². The maximum absolute atomic E-state index is 5.94. The van der Waals surface area contributed by atoms with E-state index in [0.29, 0.717) is 24.1 Å². The van der Waals surface area contributed by atoms with Crippen molar-refractivity contribution >= 4 is 23.8 Å². The van der Waals surface area contributed by atoms with Gasteiger partial charge in [-0.15, -0.1) is 0 Å². The van der Waals surface area contributed by atoms with Crippen molar-refractivity contribution in [2.45, 2.75) is 19.6 Å². The fraction of sp³-hybridized carbons (Fsp3) is 0.217. The normalized spacial score (nSPS) is 15.8. The SMILES string of the molecule is COc1cc(/C=C/c2nc3n(n2)CCO[C@H]3c2ccc(Cl)nc2)ccc1-n1cnc(C)c1. The van der Waals surface area contributed by atoms with Gasteiger partial charge in [0, 0.05) is 18.0 Å². The summed E-state index contributed by atoms with van der Waals surface area (Å²) in [5, 5.41) is 5.06. The van der Waals surface area contributed by atoms with Crippen LogP contribution in [0, 0.1) is 6.92 Å². The minimum Gasteiger partial charge on any atom is -0.495 e. The molecule has 0 spiro atoms. The monoisotopic (exact) mass is 448 g/mol. The summed E-state index contributed by atoms with van der Waals surface area (Å²) in [5.74, 6) is 2.12. The second-order valence-electron chi connectivity index (χ2n) is 7.40. The van der Waals surface area contributed by atoms with Crippen molar-refractivity contribution in [1.29, 1.82) is 0 Å². The molecule has 0 unspecified atom stereocenters. The van der Waals surface area contributed by atoms with Gasteiger partial charge in [-0.2, -0.15) is 5.10 Å². The molecule has 1 aliphatic rings. The summed E-state index contributed by atoms with van der Waals surface area (Å²) in [6.07, 6.45) is 8.98. The fourth-order valence-corrected chi connectivity index (χ4v) is 3.77. The molecular weight excluding hydrogens is 428 g/mol. The summed E-state index contributed by atoms with van der Waals surface area (Å²) >= 11 is 5.91. The molecule has 162 valence electrons. The van der Waals surface area contributed by atoms with Crippen molar-refractivity contribution in [3.63, 3.8) is 0 Å². The number of benzene rings is 1. The fourth-order valence-electron chi connectivity index (χ4n) is 3.66. The van der Waals surface area contributed by atoms with Gasteiger partial charge in [0.1, 0.15) is 17.0 Å². The van der Waals surface area contributed by atoms with E-state index in [1.807, 2.05) is 58.8 Å². The minimum absolute atomic E-state index is 0.318. The van der Waals surface area contributed by atoms with Gasteiger partial charge in [0.15, 0.2) is 11.6 Å². The number of rotatable bonds is 5. The van der Waals surface area contributed by atoms with Crippen LogP contribution in [0.25, 0.3) is 17.8 Å². The number of ether oxygens (including phenoxy) is 2. The van der Waals surface area contributed by atoms with Gasteiger partial charge in [-0.3, -0.25) is 0 Å². The first-order chi connectivity index (χ1) is 15.6. The van der Waals surface area contributed by atoms with Gasteiger partial charge >= 0.3 is 0 Å². The lowest BCUT2D eigenvalue weighted by Gasteiger charge is -2.22. The van der Waals surface area contributed by atoms with Crippen LogP contribution in [0.15, 0.2) is 49.1 Å². The summed E-state index contributed by atoms with van der Waals surface area (Å²) in [6.45, 7) is 3.16. The molecule has 8 nitrogen and oxygen atoms in total. The van der Waals surface area contributed by atoms with Gasteiger partial charge < -0.3 is 14.0 Å². The number of methoxy groups -OCH3 is 1. The molecule has 3 aromatic heterocycles. The Balaban J connectivity index is 1.40. The van der Waals surface area contributed by atoms with E-state index in [1.54, 1.807) is 25.7 Å². The number of nitrogens with zero attached hydrogens (tertiary/aromatic N) is 6. The van der Waals surface area contributed by atoms with E-state index < -0.39 is 0 Å². The first-order valence-electron chi connectivity index (χ1n) is 10.2. The molecule has 1 atom stereocenters. The van der Waals surface area contributed by atoms with E-state index in [9.17, 15) is 0 Å². The van der Waals surface area contributed by atoms with Crippen molar-refractivity contribution in [3.05, 3.63) is 82.7 Å². The highest BCUT2D eigenvalue weighted by molar-refractivity contribution is 6.29. The lowest BCUT2D eigenvalue weighted by molar-refractivity contribution is 0.0388. The standard InChI is InChI=1S/C23H21ClN6O2/c1-15-13-29(14-26-15)18-6-3-16(11-19(18)31-2)4-8-21-27-23-22(32-10-9-30(23)28-21)17-5-7-20(24)25-12-17/h3-8,11-14,22H,9-10H2,1-2H3/b8-4+/t22-/m0/s1. The van der Waals surface area contributed by atoms with Crippen molar-refractivity contribution in [1.82, 2.24) is 29.3 Å². The molecule has 0 saturated heterocycles. The number of imidazole rings is 1. The van der Waals surface area contributed by atoms with E-state index in [0.717, 1.165) is 34.1 Å². The molecule has 0 saturated carbocycles. The molecule has 5 rings (SSSR count). The first kappa shape index (κ1) is 20.4. The summed E-state index contributed by atoms with van der Waals surface area (Å²) in [4.78, 5) is 13.1. The summed E-state index contributed by atoms with van der Waals surface area (Å²) < 4.78 is 15.4. The lowest BCUT2D eigenvalue weighted by atomic mass is 10.1. The molecule has 0 aliphatic carbocycles. The molecule has 1 aliphatic heterocycles. The molecule has 4 heterocycles. The van der Waals surface area contributed by atoms with Crippen molar-refractivity contribution in [2.24, 2.45) is 0 Å². The van der Waals surface area contributed by atoms with Crippen LogP contribution in [-0.4, -0.2) is 43.0 Å². The Morgan fingerprint density at radius 2 is 2.09 bits per heavy atom. The quantitative estimate of drug-likeness (QED) is 0.427. The van der Waals surface area contributed by atoms with Crippen LogP contribution >= 0.6 is 11.6 Å². The van der Waals surface area contributed by atoms with Gasteiger partial charge in [-0.05, 0) is 36.8 Å². The van der Waals surface area contributed by atoms with Gasteiger partial charge in [0.2, 0.25) is 0 Å². The smallest absolute Gasteiger partial charge is 0.174 e. The molecule has 4 aromatic rings. The maximum atomic E-state index is 5.94. The van der Waals surface area contributed by atoms with E-state index in [-0.39, 0.29) is 6.10 Å². The minimum atomic E-state index is -0.318. The Morgan fingerprint density at radius 1 is 1.19 bits per heavy atom. The Bertz CT molecular complexity index is 1280. The van der Waals surface area contributed by atoms with Crippen LogP contribution in [0.5, 0.6) is 5.75 Å². The molecule has 0 fully saturated rings. The largest absolute Gasteiger partial charge is 0.495 e. The maximum Gasteiger partial charge on any atom is 0.174 e. The average molecular weight is 449 g/mol. The van der Waals surface area contributed by atoms with E-state index in [2.05, 4.69) is 15.1 Å². The van der Waals surface area contributed by atoms with Crippen LogP contribution < -0.4 is 4.74 Å². The van der Waals surface area contributed by atoms with Crippen LogP contribution in [0.3, 0.4) is 0 Å².